The Balaban J connectivity index is 1.65. The van der Waals surface area contributed by atoms with Gasteiger partial charge >= 0.3 is 0 Å². The van der Waals surface area contributed by atoms with E-state index in [0.29, 0.717) is 17.9 Å². The van der Waals surface area contributed by atoms with Crippen molar-refractivity contribution in [1.29, 1.82) is 0 Å². The topological polar surface area (TPSA) is 114 Å². The van der Waals surface area contributed by atoms with E-state index in [0.717, 1.165) is 9.88 Å². The number of amides is 1. The molecule has 0 saturated carbocycles. The minimum Gasteiger partial charge on any atom is -0.346 e. The lowest BCUT2D eigenvalue weighted by Crippen LogP contribution is -2.26. The maximum absolute atomic E-state index is 12.5. The van der Waals surface area contributed by atoms with E-state index in [4.69, 9.17) is 23.2 Å². The highest BCUT2D eigenvalue weighted by atomic mass is 35.5. The fourth-order valence-corrected chi connectivity index (χ4v) is 4.91. The predicted octanol–water partition coefficient (Wildman–Crippen LogP) is 3.27. The molecule has 0 aliphatic carbocycles. The molecule has 3 aromatic rings. The van der Waals surface area contributed by atoms with Crippen molar-refractivity contribution in [3.63, 3.8) is 0 Å². The summed E-state index contributed by atoms with van der Waals surface area (Å²) in [5.74, 6) is -0.377. The number of thiazole rings is 1. The summed E-state index contributed by atoms with van der Waals surface area (Å²) in [6, 6.07) is 4.04. The van der Waals surface area contributed by atoms with E-state index in [1.54, 1.807) is 13.1 Å². The van der Waals surface area contributed by atoms with E-state index in [9.17, 15) is 13.2 Å². The van der Waals surface area contributed by atoms with Gasteiger partial charge in [0.05, 0.1) is 40.6 Å². The molecule has 2 N–H and O–H groups in total. The van der Waals surface area contributed by atoms with Crippen LogP contribution in [0.2, 0.25) is 10.0 Å². The molecule has 0 atom stereocenters. The van der Waals surface area contributed by atoms with Crippen LogP contribution in [-0.4, -0.2) is 29.3 Å². The zero-order chi connectivity index (χ0) is 21.9. The monoisotopic (exact) mass is 485 g/mol. The third-order valence-corrected chi connectivity index (χ3v) is 6.68. The Morgan fingerprint density at radius 1 is 1.07 bits per heavy atom. The van der Waals surface area contributed by atoms with Crippen LogP contribution in [0.1, 0.15) is 31.8 Å². The van der Waals surface area contributed by atoms with Crippen LogP contribution in [0.25, 0.3) is 0 Å². The number of carbonyl (C=O) groups is 1. The van der Waals surface area contributed by atoms with Gasteiger partial charge in [0, 0.05) is 21.1 Å². The predicted molar refractivity (Wildman–Crippen MR) is 115 cm³/mol. The van der Waals surface area contributed by atoms with Crippen molar-refractivity contribution in [2.24, 2.45) is 0 Å². The molecular weight excluding hydrogens is 469 g/mol. The van der Waals surface area contributed by atoms with Crippen LogP contribution < -0.4 is 10.0 Å². The molecule has 0 unspecified atom stereocenters. The van der Waals surface area contributed by atoms with Gasteiger partial charge < -0.3 is 5.32 Å². The highest BCUT2D eigenvalue weighted by Gasteiger charge is 2.17. The van der Waals surface area contributed by atoms with Crippen LogP contribution in [0.3, 0.4) is 0 Å². The van der Waals surface area contributed by atoms with Gasteiger partial charge in [-0.05, 0) is 32.0 Å². The number of sulfonamides is 1. The summed E-state index contributed by atoms with van der Waals surface area (Å²) in [7, 11) is -3.85. The summed E-state index contributed by atoms with van der Waals surface area (Å²) in [6.45, 7) is 3.77. The SMILES string of the molecule is Cc1ncc(CNC(=O)c2cnc(CNS(=O)(=O)c3cc(Cl)cc(Cl)c3)c(C)n2)s1. The molecule has 2 heterocycles. The molecule has 0 aliphatic heterocycles. The molecule has 0 radical (unpaired) electrons. The molecule has 158 valence electrons. The number of carbonyl (C=O) groups excluding carboxylic acids is 1. The number of halogens is 2. The Morgan fingerprint density at radius 3 is 2.37 bits per heavy atom. The lowest BCUT2D eigenvalue weighted by Gasteiger charge is -2.10. The summed E-state index contributed by atoms with van der Waals surface area (Å²) < 4.78 is 27.4. The van der Waals surface area contributed by atoms with Crippen LogP contribution in [0.15, 0.2) is 35.5 Å². The van der Waals surface area contributed by atoms with Crippen molar-refractivity contribution >= 4 is 50.5 Å². The largest absolute Gasteiger partial charge is 0.346 e. The second-order valence-corrected chi connectivity index (χ2v) is 10.2. The van der Waals surface area contributed by atoms with E-state index in [1.807, 2.05) is 6.92 Å². The zero-order valence-corrected chi connectivity index (χ0v) is 19.1. The van der Waals surface area contributed by atoms with Gasteiger partial charge in [-0.25, -0.2) is 23.1 Å². The normalized spacial score (nSPS) is 11.5. The Labute approximate surface area is 187 Å². The standard InChI is InChI=1S/C18H17Cl2N5O3S2/c1-10-16(9-24-30(27,28)15-4-12(19)3-13(20)5-15)22-8-17(25-10)18(26)23-7-14-6-21-11(2)29-14/h3-6,8,24H,7,9H2,1-2H3,(H,23,26). The van der Waals surface area contributed by atoms with Crippen LogP contribution >= 0.6 is 34.5 Å². The number of benzene rings is 1. The van der Waals surface area contributed by atoms with Crippen LogP contribution in [-0.2, 0) is 23.1 Å². The molecule has 0 bridgehead atoms. The highest BCUT2D eigenvalue weighted by molar-refractivity contribution is 7.89. The van der Waals surface area contributed by atoms with Crippen molar-refractivity contribution in [3.05, 3.63) is 67.6 Å². The van der Waals surface area contributed by atoms with Gasteiger partial charge in [-0.1, -0.05) is 23.2 Å². The molecule has 1 aromatic carbocycles. The lowest BCUT2D eigenvalue weighted by atomic mass is 10.3. The number of hydrogen-bond acceptors (Lipinski definition) is 7. The Morgan fingerprint density at radius 2 is 1.77 bits per heavy atom. The summed E-state index contributed by atoms with van der Waals surface area (Å²) in [5.41, 5.74) is 0.964. The van der Waals surface area contributed by atoms with Crippen molar-refractivity contribution in [2.45, 2.75) is 31.8 Å². The third-order valence-electron chi connectivity index (χ3n) is 3.95. The van der Waals surface area contributed by atoms with Gasteiger partial charge in [0.25, 0.3) is 5.91 Å². The fourth-order valence-electron chi connectivity index (χ4n) is 2.46. The molecular formula is C18H17Cl2N5O3S2. The van der Waals surface area contributed by atoms with Gasteiger partial charge in [0.15, 0.2) is 0 Å². The molecule has 0 spiro atoms. The summed E-state index contributed by atoms with van der Waals surface area (Å²) >= 11 is 13.2. The molecule has 8 nitrogen and oxygen atoms in total. The number of aromatic nitrogens is 3. The quantitative estimate of drug-likeness (QED) is 0.530. The first-order chi connectivity index (χ1) is 14.1. The Bertz CT molecular complexity index is 1180. The molecule has 30 heavy (non-hydrogen) atoms. The molecule has 12 heteroatoms. The first kappa shape index (κ1) is 22.6. The molecule has 1 amide bonds. The molecule has 0 saturated heterocycles. The average Bonchev–Trinajstić information content (AvgIpc) is 3.09. The first-order valence-electron chi connectivity index (χ1n) is 8.62. The maximum Gasteiger partial charge on any atom is 0.271 e. The number of nitrogens with zero attached hydrogens (tertiary/aromatic N) is 3. The van der Waals surface area contributed by atoms with E-state index >= 15 is 0 Å². The van der Waals surface area contributed by atoms with Crippen molar-refractivity contribution in [1.82, 2.24) is 25.0 Å². The zero-order valence-electron chi connectivity index (χ0n) is 15.9. The molecule has 3 rings (SSSR count). The molecule has 2 aromatic heterocycles. The average molecular weight is 486 g/mol. The van der Waals surface area contributed by atoms with Crippen LogP contribution in [0.4, 0.5) is 0 Å². The number of rotatable bonds is 7. The highest BCUT2D eigenvalue weighted by Crippen LogP contribution is 2.22. The van der Waals surface area contributed by atoms with Crippen molar-refractivity contribution in [2.75, 3.05) is 0 Å². The summed E-state index contributed by atoms with van der Waals surface area (Å²) in [6.07, 6.45) is 3.01. The Hall–Kier alpha value is -2.11. The number of aryl methyl sites for hydroxylation is 2. The van der Waals surface area contributed by atoms with E-state index in [-0.39, 0.29) is 33.1 Å². The second-order valence-electron chi connectivity index (χ2n) is 6.25. The minimum atomic E-state index is -3.85. The molecule has 0 fully saturated rings. The fraction of sp³-hybridized carbons (Fsp3) is 0.222. The van der Waals surface area contributed by atoms with Gasteiger partial charge in [0.1, 0.15) is 5.69 Å². The third kappa shape index (κ3) is 5.73. The number of nitrogens with one attached hydrogen (secondary N) is 2. The van der Waals surface area contributed by atoms with Crippen LogP contribution in [0, 0.1) is 13.8 Å². The molecule has 0 aliphatic rings. The van der Waals surface area contributed by atoms with Crippen LogP contribution in [0.5, 0.6) is 0 Å². The van der Waals surface area contributed by atoms with Crippen molar-refractivity contribution < 1.29 is 13.2 Å². The summed E-state index contributed by atoms with van der Waals surface area (Å²) in [5, 5.41) is 4.10. The smallest absolute Gasteiger partial charge is 0.271 e. The van der Waals surface area contributed by atoms with E-state index in [1.165, 1.54) is 35.7 Å². The van der Waals surface area contributed by atoms with E-state index < -0.39 is 10.0 Å². The van der Waals surface area contributed by atoms with Crippen molar-refractivity contribution in [3.8, 4) is 0 Å². The van der Waals surface area contributed by atoms with E-state index in [2.05, 4.69) is 25.0 Å². The maximum atomic E-state index is 12.5. The first-order valence-corrected chi connectivity index (χ1v) is 11.7. The van der Waals surface area contributed by atoms with Gasteiger partial charge in [-0.2, -0.15) is 0 Å². The Kier molecular flexibility index (Phi) is 7.04. The second kappa shape index (κ2) is 9.36. The van der Waals surface area contributed by atoms with Gasteiger partial charge in [-0.15, -0.1) is 11.3 Å². The van der Waals surface area contributed by atoms with Gasteiger partial charge in [0.2, 0.25) is 10.0 Å². The number of hydrogen-bond donors (Lipinski definition) is 2. The lowest BCUT2D eigenvalue weighted by molar-refractivity contribution is 0.0945. The minimum absolute atomic E-state index is 0.0556. The van der Waals surface area contributed by atoms with Gasteiger partial charge in [-0.3, -0.25) is 9.78 Å². The summed E-state index contributed by atoms with van der Waals surface area (Å²) in [4.78, 5) is 25.7.